The molecular weight excluding hydrogens is 229 g/mol. The molecule has 0 saturated heterocycles. The fraction of sp³-hybridized carbons (Fsp3) is 0.333. The molecule has 1 aliphatic rings. The highest BCUT2D eigenvalue weighted by Crippen LogP contribution is 2.33. The van der Waals surface area contributed by atoms with Crippen LogP contribution in [0, 0.1) is 5.92 Å². The molecule has 1 aliphatic carbocycles. The number of nitrogens with two attached hydrogens (primary N) is 1. The van der Waals surface area contributed by atoms with E-state index in [0.29, 0.717) is 5.70 Å². The van der Waals surface area contributed by atoms with Crippen LogP contribution in [0.4, 0.5) is 13.2 Å². The van der Waals surface area contributed by atoms with Gasteiger partial charge in [0.05, 0.1) is 22.3 Å². The Balaban J connectivity index is 3.10. The van der Waals surface area contributed by atoms with Gasteiger partial charge in [0.25, 0.3) is 0 Å². The Morgan fingerprint density at radius 2 is 2.07 bits per heavy atom. The first-order valence-corrected chi connectivity index (χ1v) is 4.54. The van der Waals surface area contributed by atoms with Gasteiger partial charge >= 0.3 is 6.18 Å². The van der Waals surface area contributed by atoms with Gasteiger partial charge in [-0.2, -0.15) is 13.2 Å². The molecule has 1 unspecified atom stereocenters. The molecular formula is C9H10ClF3N2. The van der Waals surface area contributed by atoms with Gasteiger partial charge in [-0.05, 0) is 12.2 Å². The largest absolute Gasteiger partial charge is 0.398 e. The first kappa shape index (κ1) is 12.0. The first-order chi connectivity index (χ1) is 6.86. The lowest BCUT2D eigenvalue weighted by Crippen LogP contribution is -2.19. The Hall–Kier alpha value is -1.10. The van der Waals surface area contributed by atoms with Crippen LogP contribution in [-0.4, -0.2) is 13.2 Å². The topological polar surface area (TPSA) is 38.0 Å². The molecule has 0 heterocycles. The van der Waals surface area contributed by atoms with Crippen molar-refractivity contribution in [2.45, 2.75) is 6.18 Å². The average Bonchev–Trinajstić information content (AvgIpc) is 2.24. The monoisotopic (exact) mass is 238 g/mol. The van der Waals surface area contributed by atoms with Crippen molar-refractivity contribution in [1.29, 1.82) is 0 Å². The molecule has 1 atom stereocenters. The molecule has 2 nitrogen and oxygen atoms in total. The minimum absolute atomic E-state index is 0.0256. The van der Waals surface area contributed by atoms with Crippen LogP contribution in [0.3, 0.4) is 0 Å². The van der Waals surface area contributed by atoms with Gasteiger partial charge in [0.2, 0.25) is 0 Å². The van der Waals surface area contributed by atoms with Crippen molar-refractivity contribution in [3.05, 3.63) is 34.7 Å². The quantitative estimate of drug-likeness (QED) is 0.735. The van der Waals surface area contributed by atoms with Gasteiger partial charge in [-0.15, -0.1) is 0 Å². The lowest BCUT2D eigenvalue weighted by Gasteiger charge is -2.12. The van der Waals surface area contributed by atoms with Crippen molar-refractivity contribution < 1.29 is 13.2 Å². The van der Waals surface area contributed by atoms with Crippen LogP contribution in [0.15, 0.2) is 34.7 Å². The van der Waals surface area contributed by atoms with Crippen LogP contribution in [0.2, 0.25) is 0 Å². The van der Waals surface area contributed by atoms with E-state index in [4.69, 9.17) is 17.3 Å². The number of halogens is 4. The first-order valence-electron chi connectivity index (χ1n) is 4.16. The molecule has 3 N–H and O–H groups in total. The van der Waals surface area contributed by atoms with Crippen LogP contribution >= 0.6 is 11.6 Å². The second-order valence-corrected chi connectivity index (χ2v) is 3.43. The van der Waals surface area contributed by atoms with Gasteiger partial charge < -0.3 is 11.1 Å². The summed E-state index contributed by atoms with van der Waals surface area (Å²) in [6, 6.07) is 0. The second kappa shape index (κ2) is 4.18. The van der Waals surface area contributed by atoms with Crippen LogP contribution in [0.25, 0.3) is 0 Å². The van der Waals surface area contributed by atoms with E-state index in [0.717, 1.165) is 12.2 Å². The minimum atomic E-state index is -4.35. The summed E-state index contributed by atoms with van der Waals surface area (Å²) in [5.41, 5.74) is 6.01. The summed E-state index contributed by atoms with van der Waals surface area (Å²) in [4.78, 5) is 0. The van der Waals surface area contributed by atoms with Gasteiger partial charge in [-0.3, -0.25) is 0 Å². The van der Waals surface area contributed by atoms with Crippen molar-refractivity contribution >= 4 is 11.6 Å². The fourth-order valence-electron chi connectivity index (χ4n) is 1.19. The Morgan fingerprint density at radius 1 is 1.47 bits per heavy atom. The highest BCUT2D eigenvalue weighted by atomic mass is 35.5. The molecule has 0 bridgehead atoms. The summed E-state index contributed by atoms with van der Waals surface area (Å²) in [6.45, 7) is 0. The van der Waals surface area contributed by atoms with Crippen LogP contribution in [-0.2, 0) is 0 Å². The summed E-state index contributed by atoms with van der Waals surface area (Å²) >= 11 is 5.70. The predicted octanol–water partition coefficient (Wildman–Crippen LogP) is 2.25. The second-order valence-electron chi connectivity index (χ2n) is 3.02. The maximum atomic E-state index is 12.4. The van der Waals surface area contributed by atoms with E-state index >= 15 is 0 Å². The van der Waals surface area contributed by atoms with E-state index in [-0.39, 0.29) is 10.7 Å². The van der Waals surface area contributed by atoms with E-state index < -0.39 is 12.1 Å². The van der Waals surface area contributed by atoms with Gasteiger partial charge in [0.15, 0.2) is 0 Å². The zero-order valence-electron chi connectivity index (χ0n) is 7.90. The molecule has 0 aromatic heterocycles. The van der Waals surface area contributed by atoms with E-state index in [2.05, 4.69) is 5.32 Å². The third-order valence-electron chi connectivity index (χ3n) is 1.96. The molecule has 0 radical (unpaired) electrons. The summed E-state index contributed by atoms with van der Waals surface area (Å²) in [5.74, 6) is -1.70. The maximum Gasteiger partial charge on any atom is 0.398 e. The molecule has 0 fully saturated rings. The van der Waals surface area contributed by atoms with Crippen LogP contribution in [0.5, 0.6) is 0 Å². The minimum Gasteiger partial charge on any atom is -0.397 e. The van der Waals surface area contributed by atoms with Gasteiger partial charge in [-0.1, -0.05) is 17.7 Å². The van der Waals surface area contributed by atoms with E-state index in [1.165, 1.54) is 6.08 Å². The molecule has 0 saturated carbocycles. The van der Waals surface area contributed by atoms with Gasteiger partial charge in [0, 0.05) is 7.05 Å². The van der Waals surface area contributed by atoms with E-state index in [1.807, 2.05) is 0 Å². The Kier molecular flexibility index (Phi) is 3.34. The number of rotatable bonds is 1. The predicted molar refractivity (Wildman–Crippen MR) is 52.9 cm³/mol. The SMILES string of the molecule is CNC1=C(N)C=CC(C(F)(F)F)C=C1Cl. The summed E-state index contributed by atoms with van der Waals surface area (Å²) in [7, 11) is 1.54. The number of likely N-dealkylation sites (N-methyl/N-ethyl adjacent to an activating group) is 1. The molecule has 84 valence electrons. The molecule has 1 rings (SSSR count). The zero-order chi connectivity index (χ0) is 11.6. The Labute approximate surface area is 90.3 Å². The van der Waals surface area contributed by atoms with Crippen molar-refractivity contribution in [1.82, 2.24) is 5.32 Å². The number of nitrogens with one attached hydrogen (secondary N) is 1. The Bertz CT molecular complexity index is 342. The van der Waals surface area contributed by atoms with E-state index in [9.17, 15) is 13.2 Å². The Morgan fingerprint density at radius 3 is 2.53 bits per heavy atom. The normalized spacial score (nSPS) is 22.5. The lowest BCUT2D eigenvalue weighted by atomic mass is 10.1. The highest BCUT2D eigenvalue weighted by molar-refractivity contribution is 6.32. The number of alkyl halides is 3. The third kappa shape index (κ3) is 2.68. The lowest BCUT2D eigenvalue weighted by molar-refractivity contribution is -0.148. The molecule has 6 heteroatoms. The summed E-state index contributed by atoms with van der Waals surface area (Å²) < 4.78 is 37.3. The van der Waals surface area contributed by atoms with Crippen molar-refractivity contribution in [3.63, 3.8) is 0 Å². The van der Waals surface area contributed by atoms with Crippen molar-refractivity contribution in [2.24, 2.45) is 11.7 Å². The van der Waals surface area contributed by atoms with E-state index in [1.54, 1.807) is 7.05 Å². The van der Waals surface area contributed by atoms with Crippen molar-refractivity contribution in [3.8, 4) is 0 Å². The molecule has 0 amide bonds. The zero-order valence-corrected chi connectivity index (χ0v) is 8.65. The molecule has 0 aliphatic heterocycles. The molecule has 0 spiro atoms. The van der Waals surface area contributed by atoms with Crippen LogP contribution in [0.1, 0.15) is 0 Å². The number of hydrogen-bond acceptors (Lipinski definition) is 2. The third-order valence-corrected chi connectivity index (χ3v) is 2.28. The standard InChI is InChI=1S/C9H10ClF3N2/c1-15-8-6(10)4-5(9(11,12)13)2-3-7(8)14/h2-5,15H,14H2,1H3. The molecule has 0 aromatic rings. The highest BCUT2D eigenvalue weighted by Gasteiger charge is 2.37. The van der Waals surface area contributed by atoms with Gasteiger partial charge in [0.1, 0.15) is 0 Å². The number of hydrogen-bond donors (Lipinski definition) is 2. The maximum absolute atomic E-state index is 12.4. The molecule has 0 aromatic carbocycles. The number of allylic oxidation sites excluding steroid dienone is 4. The van der Waals surface area contributed by atoms with Crippen LogP contribution < -0.4 is 11.1 Å². The van der Waals surface area contributed by atoms with Gasteiger partial charge in [-0.25, -0.2) is 0 Å². The smallest absolute Gasteiger partial charge is 0.397 e. The molecule has 15 heavy (non-hydrogen) atoms. The average molecular weight is 239 g/mol. The summed E-state index contributed by atoms with van der Waals surface area (Å²) in [6.07, 6.45) is -1.25. The fourth-order valence-corrected chi connectivity index (χ4v) is 1.53. The summed E-state index contributed by atoms with van der Waals surface area (Å²) in [5, 5.41) is 2.63. The van der Waals surface area contributed by atoms with Crippen molar-refractivity contribution in [2.75, 3.05) is 7.05 Å².